The third-order valence-electron chi connectivity index (χ3n) is 5.81. The largest absolute Gasteiger partial charge is 0.384 e. The number of carbonyl (C=O) groups excluding carboxylic acids is 1. The first-order valence-electron chi connectivity index (χ1n) is 10.2. The quantitative estimate of drug-likeness (QED) is 0.533. The number of nitrogens with one attached hydrogen (secondary N) is 4. The summed E-state index contributed by atoms with van der Waals surface area (Å²) in [6, 6.07) is 6.27. The Morgan fingerprint density at radius 1 is 1.26 bits per heavy atom. The van der Waals surface area contributed by atoms with E-state index in [2.05, 4.69) is 38.0 Å². The number of rotatable bonds is 8. The van der Waals surface area contributed by atoms with E-state index in [4.69, 9.17) is 0 Å². The maximum atomic E-state index is 12.8. The van der Waals surface area contributed by atoms with Crippen molar-refractivity contribution in [1.29, 1.82) is 0 Å². The van der Waals surface area contributed by atoms with Gasteiger partial charge in [0.15, 0.2) is 5.69 Å². The zero-order valence-corrected chi connectivity index (χ0v) is 16.1. The summed E-state index contributed by atoms with van der Waals surface area (Å²) in [4.78, 5) is 15.2. The number of benzene rings is 1. The molecule has 1 aromatic heterocycles. The van der Waals surface area contributed by atoms with Crippen molar-refractivity contribution in [3.05, 3.63) is 23.9 Å². The molecule has 146 valence electrons. The van der Waals surface area contributed by atoms with Crippen LogP contribution in [0.2, 0.25) is 0 Å². The van der Waals surface area contributed by atoms with Gasteiger partial charge < -0.3 is 20.9 Å². The van der Waals surface area contributed by atoms with Crippen molar-refractivity contribution < 1.29 is 4.79 Å². The average Bonchev–Trinajstić information content (AvgIpc) is 3.12. The number of fused-ring (bicyclic) bond motifs is 4. The molecule has 3 aliphatic rings. The van der Waals surface area contributed by atoms with Crippen molar-refractivity contribution in [2.24, 2.45) is 5.92 Å². The van der Waals surface area contributed by atoms with Crippen LogP contribution < -0.4 is 16.0 Å². The maximum absolute atomic E-state index is 12.8. The lowest BCUT2D eigenvalue weighted by atomic mass is 9.84. The van der Waals surface area contributed by atoms with Gasteiger partial charge in [-0.1, -0.05) is 6.92 Å². The first-order valence-corrected chi connectivity index (χ1v) is 10.2. The lowest BCUT2D eigenvalue weighted by Crippen LogP contribution is -2.57. The molecule has 27 heavy (non-hydrogen) atoms. The Hall–Kier alpha value is -2.12. The van der Waals surface area contributed by atoms with E-state index in [1.165, 1.54) is 25.9 Å². The SMILES string of the molecule is CCCNCCNc1ccc2c(C(=O)N[C@@H]3CN4CCC3CC4)n[nH]c2c1. The zero-order chi connectivity index (χ0) is 18.6. The number of nitrogens with zero attached hydrogens (tertiary/aromatic N) is 2. The second-order valence-corrected chi connectivity index (χ2v) is 7.73. The number of aromatic nitrogens is 2. The van der Waals surface area contributed by atoms with Crippen molar-refractivity contribution in [2.75, 3.05) is 44.6 Å². The van der Waals surface area contributed by atoms with Crippen LogP contribution in [-0.4, -0.2) is 66.3 Å². The van der Waals surface area contributed by atoms with E-state index in [0.29, 0.717) is 11.6 Å². The van der Waals surface area contributed by atoms with E-state index in [-0.39, 0.29) is 11.9 Å². The molecule has 0 unspecified atom stereocenters. The van der Waals surface area contributed by atoms with E-state index >= 15 is 0 Å². The minimum absolute atomic E-state index is 0.0653. The van der Waals surface area contributed by atoms with E-state index in [1.54, 1.807) is 0 Å². The molecule has 1 atom stereocenters. The van der Waals surface area contributed by atoms with Gasteiger partial charge >= 0.3 is 0 Å². The fourth-order valence-corrected chi connectivity index (χ4v) is 4.27. The van der Waals surface area contributed by atoms with Crippen LogP contribution in [0.25, 0.3) is 10.9 Å². The zero-order valence-electron chi connectivity index (χ0n) is 16.1. The molecule has 3 aliphatic heterocycles. The van der Waals surface area contributed by atoms with E-state index in [1.807, 2.05) is 18.2 Å². The summed E-state index contributed by atoms with van der Waals surface area (Å²) in [5.74, 6) is 0.547. The first-order chi connectivity index (χ1) is 13.2. The molecule has 3 saturated heterocycles. The number of hydrogen-bond donors (Lipinski definition) is 4. The van der Waals surface area contributed by atoms with Gasteiger partial charge in [0.05, 0.1) is 5.52 Å². The first kappa shape index (κ1) is 18.3. The molecule has 0 radical (unpaired) electrons. The molecule has 7 heteroatoms. The highest BCUT2D eigenvalue weighted by atomic mass is 16.2. The Balaban J connectivity index is 1.38. The molecule has 0 spiro atoms. The minimum Gasteiger partial charge on any atom is -0.384 e. The molecule has 0 aliphatic carbocycles. The van der Waals surface area contributed by atoms with Gasteiger partial charge in [0.1, 0.15) is 0 Å². The molecule has 3 fully saturated rings. The highest BCUT2D eigenvalue weighted by Gasteiger charge is 2.35. The number of H-pyrrole nitrogens is 1. The van der Waals surface area contributed by atoms with Crippen LogP contribution in [0.15, 0.2) is 18.2 Å². The summed E-state index contributed by atoms with van der Waals surface area (Å²) < 4.78 is 0. The number of amides is 1. The van der Waals surface area contributed by atoms with Crippen molar-refractivity contribution in [3.63, 3.8) is 0 Å². The molecule has 2 aromatic rings. The number of aromatic amines is 1. The molecule has 4 N–H and O–H groups in total. The second-order valence-electron chi connectivity index (χ2n) is 7.73. The van der Waals surface area contributed by atoms with Crippen molar-refractivity contribution in [3.8, 4) is 0 Å². The number of carbonyl (C=O) groups is 1. The fraction of sp³-hybridized carbons (Fsp3) is 0.600. The van der Waals surface area contributed by atoms with E-state index in [9.17, 15) is 4.79 Å². The Labute approximate surface area is 160 Å². The molecule has 4 heterocycles. The maximum Gasteiger partial charge on any atom is 0.272 e. The Kier molecular flexibility index (Phi) is 5.59. The molecule has 0 saturated carbocycles. The molecule has 2 bridgehead atoms. The van der Waals surface area contributed by atoms with Crippen LogP contribution >= 0.6 is 0 Å². The van der Waals surface area contributed by atoms with Crippen LogP contribution in [0.3, 0.4) is 0 Å². The number of anilines is 1. The average molecular weight is 371 g/mol. The molecular formula is C20H30N6O. The van der Waals surface area contributed by atoms with Gasteiger partial charge in [-0.15, -0.1) is 0 Å². The molecule has 5 rings (SSSR count). The Morgan fingerprint density at radius 2 is 2.11 bits per heavy atom. The van der Waals surface area contributed by atoms with Gasteiger partial charge in [-0.05, 0) is 63.0 Å². The van der Waals surface area contributed by atoms with E-state index < -0.39 is 0 Å². The van der Waals surface area contributed by atoms with Crippen LogP contribution in [0.5, 0.6) is 0 Å². The van der Waals surface area contributed by atoms with Crippen LogP contribution in [-0.2, 0) is 0 Å². The van der Waals surface area contributed by atoms with Crippen molar-refractivity contribution >= 4 is 22.5 Å². The van der Waals surface area contributed by atoms with Gasteiger partial charge in [-0.3, -0.25) is 9.89 Å². The number of piperidine rings is 3. The normalized spacial score (nSPS) is 24.3. The second kappa shape index (κ2) is 8.27. The minimum atomic E-state index is -0.0653. The van der Waals surface area contributed by atoms with Gasteiger partial charge in [0.25, 0.3) is 5.91 Å². The lowest BCUT2D eigenvalue weighted by Gasteiger charge is -2.44. The van der Waals surface area contributed by atoms with Crippen LogP contribution in [0.4, 0.5) is 5.69 Å². The summed E-state index contributed by atoms with van der Waals surface area (Å²) in [7, 11) is 0. The predicted molar refractivity (Wildman–Crippen MR) is 108 cm³/mol. The highest BCUT2D eigenvalue weighted by molar-refractivity contribution is 6.05. The summed E-state index contributed by atoms with van der Waals surface area (Å²) in [5, 5.41) is 18.2. The van der Waals surface area contributed by atoms with Crippen molar-refractivity contribution in [1.82, 2.24) is 25.7 Å². The summed E-state index contributed by atoms with van der Waals surface area (Å²) >= 11 is 0. The molecule has 7 nitrogen and oxygen atoms in total. The monoisotopic (exact) mass is 370 g/mol. The Bertz CT molecular complexity index is 780. The van der Waals surface area contributed by atoms with Crippen LogP contribution in [0.1, 0.15) is 36.7 Å². The van der Waals surface area contributed by atoms with Crippen molar-refractivity contribution in [2.45, 2.75) is 32.2 Å². The highest BCUT2D eigenvalue weighted by Crippen LogP contribution is 2.28. The van der Waals surface area contributed by atoms with E-state index in [0.717, 1.165) is 49.2 Å². The smallest absolute Gasteiger partial charge is 0.272 e. The standard InChI is InChI=1S/C20H30N6O/c1-2-7-21-8-9-22-15-3-4-16-17(12-15)24-25-19(16)20(27)23-18-13-26-10-5-14(18)6-11-26/h3-4,12,14,18,21-22H,2,5-11,13H2,1H3,(H,23,27)(H,24,25)/t18-/m1/s1. The van der Waals surface area contributed by atoms with Gasteiger partial charge in [-0.2, -0.15) is 5.10 Å². The van der Waals surface area contributed by atoms with Gasteiger partial charge in [0.2, 0.25) is 0 Å². The third kappa shape index (κ3) is 4.09. The number of hydrogen-bond acceptors (Lipinski definition) is 5. The van der Waals surface area contributed by atoms with Crippen LogP contribution in [0, 0.1) is 5.92 Å². The summed E-state index contributed by atoms with van der Waals surface area (Å²) in [5.41, 5.74) is 2.42. The Morgan fingerprint density at radius 3 is 2.85 bits per heavy atom. The lowest BCUT2D eigenvalue weighted by molar-refractivity contribution is 0.0618. The molecule has 1 amide bonds. The predicted octanol–water partition coefficient (Wildman–Crippen LogP) is 1.80. The topological polar surface area (TPSA) is 85.1 Å². The van der Waals surface area contributed by atoms with Gasteiger partial charge in [0, 0.05) is 36.7 Å². The van der Waals surface area contributed by atoms with Gasteiger partial charge in [-0.25, -0.2) is 0 Å². The molecular weight excluding hydrogens is 340 g/mol. The third-order valence-corrected chi connectivity index (χ3v) is 5.81. The summed E-state index contributed by atoms with van der Waals surface area (Å²) in [6.07, 6.45) is 3.52. The summed E-state index contributed by atoms with van der Waals surface area (Å²) in [6.45, 7) is 8.32. The molecule has 1 aromatic carbocycles. The fourth-order valence-electron chi connectivity index (χ4n) is 4.27.